The molecule has 0 spiro atoms. The van der Waals surface area contributed by atoms with E-state index in [1.807, 2.05) is 13.8 Å². The van der Waals surface area contributed by atoms with E-state index in [0.29, 0.717) is 42.3 Å². The highest BCUT2D eigenvalue weighted by molar-refractivity contribution is 7.99. The molecule has 34 heavy (non-hydrogen) atoms. The van der Waals surface area contributed by atoms with Crippen LogP contribution in [0.4, 0.5) is 5.69 Å². The molecule has 0 saturated carbocycles. The van der Waals surface area contributed by atoms with E-state index in [0.717, 1.165) is 0 Å². The maximum absolute atomic E-state index is 12.8. The third-order valence-corrected chi connectivity index (χ3v) is 6.96. The number of carbonyl (C=O) groups is 2. The maximum Gasteiger partial charge on any atom is 0.251 e. The summed E-state index contributed by atoms with van der Waals surface area (Å²) >= 11 is 25.1. The number of carbonyl (C=O) groups excluding carboxylic acids is 2. The van der Waals surface area contributed by atoms with Crippen LogP contribution in [0.15, 0.2) is 41.6 Å². The second-order valence-corrected chi connectivity index (χ2v) is 10.3. The highest BCUT2D eigenvalue weighted by atomic mass is 35.5. The van der Waals surface area contributed by atoms with Gasteiger partial charge in [0.15, 0.2) is 11.0 Å². The predicted octanol–water partition coefficient (Wildman–Crippen LogP) is 6.29. The third-order valence-electron chi connectivity index (χ3n) is 4.76. The van der Waals surface area contributed by atoms with Crippen molar-refractivity contribution in [3.63, 3.8) is 0 Å². The topological polar surface area (TPSA) is 88.9 Å². The van der Waals surface area contributed by atoms with Crippen LogP contribution >= 0.6 is 58.2 Å². The van der Waals surface area contributed by atoms with Crippen LogP contribution in [0.5, 0.6) is 0 Å². The number of thioether (sulfide) groups is 1. The minimum Gasteiger partial charge on any atom is -0.342 e. The molecule has 0 aliphatic rings. The molecule has 1 aromatic heterocycles. The normalized spacial score (nSPS) is 12.0. The van der Waals surface area contributed by atoms with Crippen molar-refractivity contribution in [2.75, 3.05) is 11.1 Å². The lowest BCUT2D eigenvalue weighted by Crippen LogP contribution is -2.33. The van der Waals surface area contributed by atoms with Crippen LogP contribution in [0.2, 0.25) is 20.1 Å². The summed E-state index contributed by atoms with van der Waals surface area (Å²) < 4.78 is 1.76. The molecule has 3 rings (SSSR count). The first-order chi connectivity index (χ1) is 16.0. The van der Waals surface area contributed by atoms with Gasteiger partial charge in [-0.3, -0.25) is 9.59 Å². The molecule has 2 amide bonds. The molecule has 0 fully saturated rings. The largest absolute Gasteiger partial charge is 0.342 e. The van der Waals surface area contributed by atoms with Crippen molar-refractivity contribution in [3.05, 3.63) is 67.9 Å². The smallest absolute Gasteiger partial charge is 0.251 e. The summed E-state index contributed by atoms with van der Waals surface area (Å²) in [5.74, 6) is 0.115. The molecular weight excluding hydrogens is 540 g/mol. The quantitative estimate of drug-likeness (QED) is 0.316. The number of aromatic nitrogens is 3. The second-order valence-electron chi connectivity index (χ2n) is 7.72. The van der Waals surface area contributed by atoms with Crippen molar-refractivity contribution in [1.82, 2.24) is 20.1 Å². The van der Waals surface area contributed by atoms with E-state index in [4.69, 9.17) is 46.4 Å². The van der Waals surface area contributed by atoms with Gasteiger partial charge in [0.25, 0.3) is 5.91 Å². The fraction of sp³-hybridized carbons (Fsp3) is 0.273. The molecule has 0 saturated heterocycles. The van der Waals surface area contributed by atoms with Crippen LogP contribution in [0.3, 0.4) is 0 Å². The summed E-state index contributed by atoms with van der Waals surface area (Å²) in [5, 5.41) is 16.2. The first-order valence-electron chi connectivity index (χ1n) is 10.1. The highest BCUT2D eigenvalue weighted by Gasteiger charge is 2.25. The monoisotopic (exact) mass is 559 g/mol. The van der Waals surface area contributed by atoms with Gasteiger partial charge in [0.2, 0.25) is 5.91 Å². The van der Waals surface area contributed by atoms with Gasteiger partial charge in [-0.25, -0.2) is 0 Å². The number of nitrogens with zero attached hydrogens (tertiary/aromatic N) is 3. The van der Waals surface area contributed by atoms with Gasteiger partial charge in [0, 0.05) is 28.3 Å². The summed E-state index contributed by atoms with van der Waals surface area (Å²) in [6.07, 6.45) is 0. The lowest BCUT2D eigenvalue weighted by molar-refractivity contribution is -0.113. The molecule has 0 unspecified atom stereocenters. The summed E-state index contributed by atoms with van der Waals surface area (Å²) in [5.41, 5.74) is 0.890. The number of halogens is 4. The Morgan fingerprint density at radius 1 is 1.00 bits per heavy atom. The Balaban J connectivity index is 1.68. The van der Waals surface area contributed by atoms with E-state index in [1.165, 1.54) is 17.8 Å². The van der Waals surface area contributed by atoms with Crippen molar-refractivity contribution < 1.29 is 9.59 Å². The van der Waals surface area contributed by atoms with E-state index in [9.17, 15) is 9.59 Å². The molecule has 0 bridgehead atoms. The summed E-state index contributed by atoms with van der Waals surface area (Å²) in [6, 6.07) is 9.07. The van der Waals surface area contributed by atoms with Crippen molar-refractivity contribution >= 4 is 75.7 Å². The molecule has 1 heterocycles. The zero-order valence-corrected chi connectivity index (χ0v) is 22.2. The maximum atomic E-state index is 12.8. The SMILES string of the molecule is CC(C)[C@H](NC(=O)c1ccc(Cl)c(Cl)c1)c1nnc(SCC(=O)Nc2cc(Cl)cc(Cl)c2)n1C. The number of amides is 2. The Bertz CT molecular complexity index is 1200. The van der Waals surface area contributed by atoms with Gasteiger partial charge in [-0.05, 0) is 42.3 Å². The van der Waals surface area contributed by atoms with Crippen LogP contribution in [0, 0.1) is 5.92 Å². The standard InChI is InChI=1S/C22H21Cl4N5O2S/c1-11(2)19(28-21(33)12-4-5-16(25)17(26)6-12)20-29-30-22(31(20)3)34-10-18(32)27-15-8-13(23)7-14(24)9-15/h4-9,11,19H,10H2,1-3H3,(H,27,32)(H,28,33)/t19-/m0/s1. The van der Waals surface area contributed by atoms with Crippen LogP contribution in [-0.4, -0.2) is 32.3 Å². The Morgan fingerprint density at radius 3 is 2.29 bits per heavy atom. The van der Waals surface area contributed by atoms with Gasteiger partial charge < -0.3 is 15.2 Å². The van der Waals surface area contributed by atoms with Crippen LogP contribution in [0.1, 0.15) is 36.1 Å². The van der Waals surface area contributed by atoms with E-state index in [1.54, 1.807) is 41.9 Å². The van der Waals surface area contributed by atoms with E-state index >= 15 is 0 Å². The third kappa shape index (κ3) is 6.79. The minimum absolute atomic E-state index is 0.0170. The van der Waals surface area contributed by atoms with Crippen molar-refractivity contribution in [3.8, 4) is 0 Å². The van der Waals surface area contributed by atoms with Gasteiger partial charge in [0.05, 0.1) is 21.8 Å². The predicted molar refractivity (Wildman–Crippen MR) is 138 cm³/mol. The first kappa shape index (κ1) is 26.6. The highest BCUT2D eigenvalue weighted by Crippen LogP contribution is 2.27. The van der Waals surface area contributed by atoms with Crippen LogP contribution in [0.25, 0.3) is 0 Å². The Morgan fingerprint density at radius 2 is 1.68 bits per heavy atom. The van der Waals surface area contributed by atoms with Crippen LogP contribution in [-0.2, 0) is 11.8 Å². The molecule has 7 nitrogen and oxygen atoms in total. The Hall–Kier alpha value is -1.97. The zero-order chi connectivity index (χ0) is 25.0. The molecule has 2 N–H and O–H groups in total. The molecule has 12 heteroatoms. The molecular formula is C22H21Cl4N5O2S. The fourth-order valence-electron chi connectivity index (χ4n) is 3.07. The lowest BCUT2D eigenvalue weighted by Gasteiger charge is -2.22. The number of nitrogens with one attached hydrogen (secondary N) is 2. The second kappa shape index (κ2) is 11.6. The average Bonchev–Trinajstić information content (AvgIpc) is 3.11. The van der Waals surface area contributed by atoms with Crippen molar-refractivity contribution in [1.29, 1.82) is 0 Å². The van der Waals surface area contributed by atoms with Gasteiger partial charge in [0.1, 0.15) is 0 Å². The van der Waals surface area contributed by atoms with Crippen molar-refractivity contribution in [2.45, 2.75) is 25.0 Å². The molecule has 0 radical (unpaired) electrons. The van der Waals surface area contributed by atoms with Gasteiger partial charge in [-0.15, -0.1) is 10.2 Å². The number of hydrogen-bond donors (Lipinski definition) is 2. The molecule has 1 atom stereocenters. The summed E-state index contributed by atoms with van der Waals surface area (Å²) in [4.78, 5) is 25.2. The average molecular weight is 561 g/mol. The number of anilines is 1. The molecule has 3 aromatic rings. The molecule has 0 aliphatic carbocycles. The lowest BCUT2D eigenvalue weighted by atomic mass is 10.0. The molecule has 180 valence electrons. The van der Waals surface area contributed by atoms with E-state index in [-0.39, 0.29) is 23.5 Å². The molecule has 2 aromatic carbocycles. The zero-order valence-electron chi connectivity index (χ0n) is 18.4. The van der Waals surface area contributed by atoms with E-state index in [2.05, 4.69) is 20.8 Å². The Kier molecular flexibility index (Phi) is 9.12. The number of benzene rings is 2. The molecule has 0 aliphatic heterocycles. The number of rotatable bonds is 8. The Labute approximate surface area is 221 Å². The van der Waals surface area contributed by atoms with Crippen LogP contribution < -0.4 is 10.6 Å². The van der Waals surface area contributed by atoms with Gasteiger partial charge in [-0.1, -0.05) is 72.0 Å². The van der Waals surface area contributed by atoms with Gasteiger partial charge >= 0.3 is 0 Å². The fourth-order valence-corrected chi connectivity index (χ4v) is 4.61. The van der Waals surface area contributed by atoms with Gasteiger partial charge in [-0.2, -0.15) is 0 Å². The summed E-state index contributed by atoms with van der Waals surface area (Å²) in [6.45, 7) is 3.93. The van der Waals surface area contributed by atoms with Crippen molar-refractivity contribution in [2.24, 2.45) is 13.0 Å². The number of hydrogen-bond acceptors (Lipinski definition) is 5. The van der Waals surface area contributed by atoms with E-state index < -0.39 is 6.04 Å². The first-order valence-corrected chi connectivity index (χ1v) is 12.6. The summed E-state index contributed by atoms with van der Waals surface area (Å²) in [7, 11) is 1.78. The minimum atomic E-state index is -0.420.